The fourth-order valence-electron chi connectivity index (χ4n) is 0.827. The van der Waals surface area contributed by atoms with Crippen LogP contribution in [0.4, 0.5) is 0 Å². The average molecular weight is 187 g/mol. The first-order chi connectivity index (χ1) is 5.72. The summed E-state index contributed by atoms with van der Waals surface area (Å²) < 4.78 is 5.46. The van der Waals surface area contributed by atoms with Crippen molar-refractivity contribution in [2.45, 2.75) is 20.0 Å². The highest BCUT2D eigenvalue weighted by Crippen LogP contribution is 2.17. The summed E-state index contributed by atoms with van der Waals surface area (Å²) in [4.78, 5) is 0. The standard InChI is InChI=1S/C7H13N3OS/c1-5(4-8-3)11-7-10-9-6(2)12-7/h5,8H,4H2,1-3H3. The normalized spacial score (nSPS) is 12.9. The van der Waals surface area contributed by atoms with E-state index < -0.39 is 0 Å². The van der Waals surface area contributed by atoms with E-state index in [9.17, 15) is 0 Å². The Hall–Kier alpha value is -0.680. The van der Waals surface area contributed by atoms with Crippen molar-refractivity contribution in [1.82, 2.24) is 15.5 Å². The van der Waals surface area contributed by atoms with E-state index in [4.69, 9.17) is 4.74 Å². The van der Waals surface area contributed by atoms with Crippen molar-refractivity contribution in [1.29, 1.82) is 0 Å². The molecule has 0 saturated carbocycles. The third-order valence-electron chi connectivity index (χ3n) is 1.30. The topological polar surface area (TPSA) is 47.0 Å². The van der Waals surface area contributed by atoms with Gasteiger partial charge in [0.25, 0.3) is 5.19 Å². The highest BCUT2D eigenvalue weighted by atomic mass is 32.1. The first-order valence-electron chi connectivity index (χ1n) is 3.83. The fourth-order valence-corrected chi connectivity index (χ4v) is 1.46. The Morgan fingerprint density at radius 2 is 2.33 bits per heavy atom. The van der Waals surface area contributed by atoms with Gasteiger partial charge in [-0.15, -0.1) is 10.2 Å². The quantitative estimate of drug-likeness (QED) is 0.758. The van der Waals surface area contributed by atoms with E-state index in [1.807, 2.05) is 20.9 Å². The van der Waals surface area contributed by atoms with E-state index in [1.54, 1.807) is 0 Å². The molecule has 0 aliphatic carbocycles. The Morgan fingerprint density at radius 3 is 2.83 bits per heavy atom. The lowest BCUT2D eigenvalue weighted by Crippen LogP contribution is -2.25. The number of likely N-dealkylation sites (N-methyl/N-ethyl adjacent to an activating group) is 1. The number of ether oxygens (including phenoxy) is 1. The third kappa shape index (κ3) is 2.75. The third-order valence-corrected chi connectivity index (χ3v) is 2.03. The molecule has 0 bridgehead atoms. The van der Waals surface area contributed by atoms with Gasteiger partial charge in [-0.3, -0.25) is 0 Å². The molecule has 0 aliphatic rings. The maximum atomic E-state index is 5.46. The van der Waals surface area contributed by atoms with Crippen LogP contribution in [0, 0.1) is 6.92 Å². The molecule has 1 heterocycles. The van der Waals surface area contributed by atoms with Gasteiger partial charge >= 0.3 is 0 Å². The molecule has 1 N–H and O–H groups in total. The van der Waals surface area contributed by atoms with Gasteiger partial charge in [0, 0.05) is 6.54 Å². The van der Waals surface area contributed by atoms with Crippen LogP contribution in [0.2, 0.25) is 0 Å². The lowest BCUT2D eigenvalue weighted by molar-refractivity contribution is 0.218. The minimum Gasteiger partial charge on any atom is -0.465 e. The van der Waals surface area contributed by atoms with Crippen LogP contribution in [0.1, 0.15) is 11.9 Å². The molecule has 5 heteroatoms. The van der Waals surface area contributed by atoms with E-state index in [0.29, 0.717) is 5.19 Å². The van der Waals surface area contributed by atoms with Crippen LogP contribution in [0.25, 0.3) is 0 Å². The summed E-state index contributed by atoms with van der Waals surface area (Å²) in [5.74, 6) is 0. The largest absolute Gasteiger partial charge is 0.465 e. The molecule has 1 aromatic heterocycles. The average Bonchev–Trinajstić information content (AvgIpc) is 2.36. The van der Waals surface area contributed by atoms with Crippen molar-refractivity contribution in [3.63, 3.8) is 0 Å². The van der Waals surface area contributed by atoms with Crippen LogP contribution in [0.15, 0.2) is 0 Å². The Bertz CT molecular complexity index is 238. The molecule has 12 heavy (non-hydrogen) atoms. The van der Waals surface area contributed by atoms with E-state index in [0.717, 1.165) is 11.6 Å². The molecule has 1 rings (SSSR count). The van der Waals surface area contributed by atoms with E-state index in [-0.39, 0.29) is 6.10 Å². The number of aromatic nitrogens is 2. The number of aryl methyl sites for hydroxylation is 1. The maximum Gasteiger partial charge on any atom is 0.294 e. The predicted octanol–water partition coefficient (Wildman–Crippen LogP) is 0.833. The van der Waals surface area contributed by atoms with Crippen LogP contribution < -0.4 is 10.1 Å². The van der Waals surface area contributed by atoms with Gasteiger partial charge in [-0.2, -0.15) is 0 Å². The van der Waals surface area contributed by atoms with Gasteiger partial charge in [-0.1, -0.05) is 11.3 Å². The molecule has 0 saturated heterocycles. The maximum absolute atomic E-state index is 5.46. The van der Waals surface area contributed by atoms with Crippen LogP contribution in [0.3, 0.4) is 0 Å². The van der Waals surface area contributed by atoms with Gasteiger partial charge in [-0.25, -0.2) is 0 Å². The number of rotatable bonds is 4. The first-order valence-corrected chi connectivity index (χ1v) is 4.65. The zero-order chi connectivity index (χ0) is 8.97. The molecule has 0 fully saturated rings. The highest BCUT2D eigenvalue weighted by Gasteiger charge is 2.05. The second-order valence-corrected chi connectivity index (χ2v) is 3.72. The molecule has 1 aromatic rings. The van der Waals surface area contributed by atoms with E-state index in [2.05, 4.69) is 15.5 Å². The molecule has 0 spiro atoms. The number of nitrogens with zero attached hydrogens (tertiary/aromatic N) is 2. The molecule has 0 aromatic carbocycles. The van der Waals surface area contributed by atoms with E-state index >= 15 is 0 Å². The lowest BCUT2D eigenvalue weighted by Gasteiger charge is -2.09. The summed E-state index contributed by atoms with van der Waals surface area (Å²) >= 11 is 1.47. The number of hydrogen-bond donors (Lipinski definition) is 1. The second kappa shape index (κ2) is 4.37. The molecule has 0 radical (unpaired) electrons. The SMILES string of the molecule is CNCC(C)Oc1nnc(C)s1. The van der Waals surface area contributed by atoms with Gasteiger partial charge in [0.15, 0.2) is 0 Å². The molecule has 68 valence electrons. The molecular formula is C7H13N3OS. The zero-order valence-electron chi connectivity index (χ0n) is 7.50. The Kier molecular flexibility index (Phi) is 3.43. The zero-order valence-corrected chi connectivity index (χ0v) is 8.31. The Balaban J connectivity index is 2.41. The molecule has 1 unspecified atom stereocenters. The Morgan fingerprint density at radius 1 is 1.58 bits per heavy atom. The van der Waals surface area contributed by atoms with Crippen molar-refractivity contribution in [3.05, 3.63) is 5.01 Å². The van der Waals surface area contributed by atoms with Crippen molar-refractivity contribution in [2.24, 2.45) is 0 Å². The summed E-state index contributed by atoms with van der Waals surface area (Å²) in [6.45, 7) is 4.72. The van der Waals surface area contributed by atoms with Crippen LogP contribution in [-0.4, -0.2) is 29.9 Å². The first kappa shape index (κ1) is 9.41. The van der Waals surface area contributed by atoms with Crippen molar-refractivity contribution in [3.8, 4) is 5.19 Å². The number of hydrogen-bond acceptors (Lipinski definition) is 5. The van der Waals surface area contributed by atoms with Crippen molar-refractivity contribution < 1.29 is 4.74 Å². The van der Waals surface area contributed by atoms with Gasteiger partial charge in [0.05, 0.1) is 0 Å². The summed E-state index contributed by atoms with van der Waals surface area (Å²) in [5.41, 5.74) is 0. The van der Waals surface area contributed by atoms with Gasteiger partial charge in [-0.05, 0) is 20.9 Å². The minimum atomic E-state index is 0.141. The van der Waals surface area contributed by atoms with Crippen molar-refractivity contribution >= 4 is 11.3 Å². The van der Waals surface area contributed by atoms with Gasteiger partial charge < -0.3 is 10.1 Å². The second-order valence-electron chi connectivity index (χ2n) is 2.57. The molecule has 0 aliphatic heterocycles. The van der Waals surface area contributed by atoms with Gasteiger partial charge in [0.2, 0.25) is 0 Å². The Labute approximate surface area is 76.0 Å². The smallest absolute Gasteiger partial charge is 0.294 e. The lowest BCUT2D eigenvalue weighted by atomic mass is 10.4. The van der Waals surface area contributed by atoms with E-state index in [1.165, 1.54) is 11.3 Å². The summed E-state index contributed by atoms with van der Waals surface area (Å²) in [7, 11) is 1.89. The van der Waals surface area contributed by atoms with Crippen LogP contribution >= 0.6 is 11.3 Å². The van der Waals surface area contributed by atoms with Crippen molar-refractivity contribution in [2.75, 3.05) is 13.6 Å². The van der Waals surface area contributed by atoms with Crippen LogP contribution in [0.5, 0.6) is 5.19 Å². The monoisotopic (exact) mass is 187 g/mol. The minimum absolute atomic E-state index is 0.141. The molecule has 0 amide bonds. The van der Waals surface area contributed by atoms with Crippen LogP contribution in [-0.2, 0) is 0 Å². The fraction of sp³-hybridized carbons (Fsp3) is 0.714. The molecular weight excluding hydrogens is 174 g/mol. The summed E-state index contributed by atoms with van der Waals surface area (Å²) in [6.07, 6.45) is 0.141. The predicted molar refractivity (Wildman–Crippen MR) is 48.7 cm³/mol. The molecule has 1 atom stereocenters. The summed E-state index contributed by atoms with van der Waals surface area (Å²) in [6, 6.07) is 0. The number of nitrogens with one attached hydrogen (secondary N) is 1. The highest BCUT2D eigenvalue weighted by molar-refractivity contribution is 7.12. The summed E-state index contributed by atoms with van der Waals surface area (Å²) in [5, 5.41) is 12.3. The van der Waals surface area contributed by atoms with Gasteiger partial charge in [0.1, 0.15) is 11.1 Å². The molecule has 4 nitrogen and oxygen atoms in total.